The van der Waals surface area contributed by atoms with Gasteiger partial charge in [-0.15, -0.1) is 0 Å². The van der Waals surface area contributed by atoms with Crippen LogP contribution in [0.25, 0.3) is 0 Å². The van der Waals surface area contributed by atoms with Gasteiger partial charge in [0.15, 0.2) is 0 Å². The van der Waals surface area contributed by atoms with Crippen molar-refractivity contribution in [3.63, 3.8) is 0 Å². The molecule has 1 rings (SSSR count). The molecule has 0 heterocycles. The molecule has 1 unspecified atom stereocenters. The molecule has 3 nitrogen and oxygen atoms in total. The second-order valence-electron chi connectivity index (χ2n) is 6.41. The Morgan fingerprint density at radius 2 is 1.80 bits per heavy atom. The molecule has 0 saturated carbocycles. The van der Waals surface area contributed by atoms with Gasteiger partial charge >= 0.3 is 0 Å². The highest BCUT2D eigenvalue weighted by molar-refractivity contribution is 5.36. The van der Waals surface area contributed by atoms with E-state index in [1.165, 1.54) is 5.56 Å². The SMILES string of the molecule is CCN(C(CN)c1ccccc1OC(C)C)C(C)(C)C. The summed E-state index contributed by atoms with van der Waals surface area (Å²) in [6.45, 7) is 14.5. The standard InChI is InChI=1S/C17H30N2O/c1-7-19(17(4,5)6)15(12-18)14-10-8-9-11-16(14)20-13(2)3/h8-11,13,15H,7,12,18H2,1-6H3. The lowest BCUT2D eigenvalue weighted by Gasteiger charge is -2.41. The average molecular weight is 278 g/mol. The van der Waals surface area contributed by atoms with E-state index < -0.39 is 0 Å². The number of nitrogens with two attached hydrogens (primary N) is 1. The van der Waals surface area contributed by atoms with Crippen molar-refractivity contribution in [3.05, 3.63) is 29.8 Å². The fourth-order valence-electron chi connectivity index (χ4n) is 2.70. The van der Waals surface area contributed by atoms with E-state index in [9.17, 15) is 0 Å². The van der Waals surface area contributed by atoms with Crippen LogP contribution in [0, 0.1) is 0 Å². The molecule has 0 aliphatic carbocycles. The predicted octanol–water partition coefficient (Wildman–Crippen LogP) is 3.59. The summed E-state index contributed by atoms with van der Waals surface area (Å²) in [6.07, 6.45) is 0.166. The fraction of sp³-hybridized carbons (Fsp3) is 0.647. The van der Waals surface area contributed by atoms with E-state index in [-0.39, 0.29) is 17.7 Å². The summed E-state index contributed by atoms with van der Waals surface area (Å²) in [5, 5.41) is 0. The third kappa shape index (κ3) is 4.22. The number of hydrogen-bond donors (Lipinski definition) is 1. The summed E-state index contributed by atoms with van der Waals surface area (Å²) in [6, 6.07) is 8.41. The predicted molar refractivity (Wildman–Crippen MR) is 86.1 cm³/mol. The molecular formula is C17H30N2O. The van der Waals surface area contributed by atoms with Gasteiger partial charge in [-0.2, -0.15) is 0 Å². The van der Waals surface area contributed by atoms with Gasteiger partial charge in [-0.1, -0.05) is 25.1 Å². The van der Waals surface area contributed by atoms with Gasteiger partial charge in [0, 0.05) is 17.6 Å². The van der Waals surface area contributed by atoms with Gasteiger partial charge in [0.1, 0.15) is 5.75 Å². The molecule has 114 valence electrons. The highest BCUT2D eigenvalue weighted by atomic mass is 16.5. The van der Waals surface area contributed by atoms with Gasteiger partial charge in [0.25, 0.3) is 0 Å². The number of hydrogen-bond acceptors (Lipinski definition) is 3. The monoisotopic (exact) mass is 278 g/mol. The van der Waals surface area contributed by atoms with E-state index in [4.69, 9.17) is 10.5 Å². The van der Waals surface area contributed by atoms with Gasteiger partial charge in [-0.05, 0) is 47.2 Å². The molecule has 3 heteroatoms. The lowest BCUT2D eigenvalue weighted by Crippen LogP contribution is -2.46. The Labute approximate surface area is 124 Å². The summed E-state index contributed by atoms with van der Waals surface area (Å²) >= 11 is 0. The van der Waals surface area contributed by atoms with Gasteiger partial charge in [0.05, 0.1) is 12.1 Å². The zero-order chi connectivity index (χ0) is 15.3. The third-order valence-electron chi connectivity index (χ3n) is 3.44. The lowest BCUT2D eigenvalue weighted by molar-refractivity contribution is 0.0891. The van der Waals surface area contributed by atoms with Crippen LogP contribution in [0.15, 0.2) is 24.3 Å². The van der Waals surface area contributed by atoms with Crippen molar-refractivity contribution in [3.8, 4) is 5.75 Å². The first-order valence-corrected chi connectivity index (χ1v) is 7.53. The molecule has 0 radical (unpaired) electrons. The molecule has 1 atom stereocenters. The molecule has 0 aliphatic heterocycles. The first kappa shape index (κ1) is 17.0. The molecule has 20 heavy (non-hydrogen) atoms. The number of rotatable bonds is 6. The van der Waals surface area contributed by atoms with Crippen LogP contribution in [0.5, 0.6) is 5.75 Å². The van der Waals surface area contributed by atoms with Gasteiger partial charge in [-0.25, -0.2) is 0 Å². The Balaban J connectivity index is 3.17. The molecule has 0 aliphatic rings. The van der Waals surface area contributed by atoms with E-state index in [2.05, 4.69) is 58.6 Å². The molecule has 0 bridgehead atoms. The molecule has 0 spiro atoms. The number of benzene rings is 1. The zero-order valence-electron chi connectivity index (χ0n) is 13.8. The van der Waals surface area contributed by atoms with Crippen molar-refractivity contribution in [2.75, 3.05) is 13.1 Å². The minimum Gasteiger partial charge on any atom is -0.491 e. The third-order valence-corrected chi connectivity index (χ3v) is 3.44. The quantitative estimate of drug-likeness (QED) is 0.864. The van der Waals surface area contributed by atoms with Crippen LogP contribution in [0.2, 0.25) is 0 Å². The number of para-hydroxylation sites is 1. The second kappa shape index (κ2) is 7.09. The Kier molecular flexibility index (Phi) is 6.03. The number of ether oxygens (including phenoxy) is 1. The van der Waals surface area contributed by atoms with Crippen molar-refractivity contribution < 1.29 is 4.74 Å². The van der Waals surface area contributed by atoms with Crippen molar-refractivity contribution in [1.29, 1.82) is 0 Å². The molecule has 0 fully saturated rings. The zero-order valence-corrected chi connectivity index (χ0v) is 13.8. The summed E-state index contributed by atoms with van der Waals surface area (Å²) in [5.41, 5.74) is 7.33. The molecule has 2 N–H and O–H groups in total. The summed E-state index contributed by atoms with van der Waals surface area (Å²) in [7, 11) is 0. The second-order valence-corrected chi connectivity index (χ2v) is 6.41. The highest BCUT2D eigenvalue weighted by Gasteiger charge is 2.29. The smallest absolute Gasteiger partial charge is 0.124 e. The molecule has 0 amide bonds. The first-order valence-electron chi connectivity index (χ1n) is 7.53. The maximum atomic E-state index is 6.08. The Bertz CT molecular complexity index is 410. The van der Waals surface area contributed by atoms with Crippen molar-refractivity contribution in [2.24, 2.45) is 5.73 Å². The van der Waals surface area contributed by atoms with Crippen LogP contribution < -0.4 is 10.5 Å². The first-order chi connectivity index (χ1) is 9.31. The van der Waals surface area contributed by atoms with E-state index in [0.717, 1.165) is 12.3 Å². The van der Waals surface area contributed by atoms with E-state index in [1.54, 1.807) is 0 Å². The minimum atomic E-state index is 0.0731. The van der Waals surface area contributed by atoms with Crippen molar-refractivity contribution >= 4 is 0 Å². The Morgan fingerprint density at radius 1 is 1.20 bits per heavy atom. The molecule has 0 aromatic heterocycles. The van der Waals surface area contributed by atoms with Crippen LogP contribution in [0.1, 0.15) is 53.1 Å². The normalized spacial score (nSPS) is 13.8. The average Bonchev–Trinajstić information content (AvgIpc) is 2.34. The summed E-state index contributed by atoms with van der Waals surface area (Å²) in [4.78, 5) is 2.43. The highest BCUT2D eigenvalue weighted by Crippen LogP contribution is 2.33. The maximum Gasteiger partial charge on any atom is 0.124 e. The van der Waals surface area contributed by atoms with Crippen LogP contribution in [0.3, 0.4) is 0 Å². The van der Waals surface area contributed by atoms with E-state index in [0.29, 0.717) is 6.54 Å². The number of likely N-dealkylation sites (N-methyl/N-ethyl adjacent to an activating group) is 1. The topological polar surface area (TPSA) is 38.5 Å². The molecular weight excluding hydrogens is 248 g/mol. The molecule has 1 aromatic rings. The van der Waals surface area contributed by atoms with E-state index >= 15 is 0 Å². The Morgan fingerprint density at radius 3 is 2.25 bits per heavy atom. The van der Waals surface area contributed by atoms with Crippen LogP contribution in [-0.2, 0) is 0 Å². The van der Waals surface area contributed by atoms with E-state index in [1.807, 2.05) is 12.1 Å². The maximum absolute atomic E-state index is 6.08. The van der Waals surface area contributed by atoms with Crippen LogP contribution >= 0.6 is 0 Å². The minimum absolute atomic E-state index is 0.0731. The fourth-order valence-corrected chi connectivity index (χ4v) is 2.70. The largest absolute Gasteiger partial charge is 0.491 e. The molecule has 1 aromatic carbocycles. The van der Waals surface area contributed by atoms with Crippen LogP contribution in [0.4, 0.5) is 0 Å². The van der Waals surface area contributed by atoms with Crippen LogP contribution in [-0.4, -0.2) is 29.6 Å². The lowest BCUT2D eigenvalue weighted by atomic mass is 9.97. The van der Waals surface area contributed by atoms with Gasteiger partial charge in [0.2, 0.25) is 0 Å². The van der Waals surface area contributed by atoms with Gasteiger partial charge in [-0.3, -0.25) is 4.90 Å². The molecule has 0 saturated heterocycles. The van der Waals surface area contributed by atoms with Gasteiger partial charge < -0.3 is 10.5 Å². The van der Waals surface area contributed by atoms with Crippen molar-refractivity contribution in [2.45, 2.75) is 59.2 Å². The summed E-state index contributed by atoms with van der Waals surface area (Å²) in [5.74, 6) is 0.945. The number of nitrogens with zero attached hydrogens (tertiary/aromatic N) is 1. The summed E-state index contributed by atoms with van der Waals surface area (Å²) < 4.78 is 5.95. The van der Waals surface area contributed by atoms with Crippen molar-refractivity contribution in [1.82, 2.24) is 4.90 Å². The Hall–Kier alpha value is -1.06.